The SMILES string of the molecule is CCCCCCCCCCCCCCCC[NH+](C)C(Cc1ccccc1)(Cc1ccccc1)Cc1ccccc1.[Cl-]. The van der Waals surface area contributed by atoms with Crippen molar-refractivity contribution in [1.82, 2.24) is 0 Å². The van der Waals surface area contributed by atoms with E-state index in [2.05, 4.69) is 105 Å². The van der Waals surface area contributed by atoms with Gasteiger partial charge in [0.15, 0.2) is 0 Å². The molecule has 2 heteroatoms. The summed E-state index contributed by atoms with van der Waals surface area (Å²) in [7, 11) is 2.47. The van der Waals surface area contributed by atoms with Crippen molar-refractivity contribution in [3.05, 3.63) is 108 Å². The molecule has 0 radical (unpaired) electrons. The summed E-state index contributed by atoms with van der Waals surface area (Å²) in [6.45, 7) is 3.54. The van der Waals surface area contributed by atoms with Crippen LogP contribution < -0.4 is 17.3 Å². The van der Waals surface area contributed by atoms with Gasteiger partial charge in [-0.2, -0.15) is 0 Å². The normalized spacial score (nSPS) is 12.1. The number of likely N-dealkylation sites (N-methyl/N-ethyl adjacent to an activating group) is 1. The van der Waals surface area contributed by atoms with Gasteiger partial charge >= 0.3 is 0 Å². The van der Waals surface area contributed by atoms with E-state index in [4.69, 9.17) is 0 Å². The van der Waals surface area contributed by atoms with Gasteiger partial charge in [-0.15, -0.1) is 0 Å². The molecule has 0 aliphatic heterocycles. The van der Waals surface area contributed by atoms with Crippen molar-refractivity contribution in [2.24, 2.45) is 0 Å². The Bertz CT molecular complexity index is 886. The van der Waals surface area contributed by atoms with Gasteiger partial charge in [-0.3, -0.25) is 0 Å². The summed E-state index contributed by atoms with van der Waals surface area (Å²) in [6, 6.07) is 33.6. The van der Waals surface area contributed by atoms with Crippen LogP contribution in [0.25, 0.3) is 0 Å². The van der Waals surface area contributed by atoms with E-state index in [1.165, 1.54) is 113 Å². The maximum atomic E-state index is 2.47. The van der Waals surface area contributed by atoms with Crippen molar-refractivity contribution >= 4 is 0 Å². The van der Waals surface area contributed by atoms with E-state index >= 15 is 0 Å². The highest BCUT2D eigenvalue weighted by Gasteiger charge is 2.39. The first kappa shape index (κ1) is 35.1. The summed E-state index contributed by atoms with van der Waals surface area (Å²) in [5.74, 6) is 0. The molecule has 0 amide bonds. The van der Waals surface area contributed by atoms with Crippen LogP contribution in [0, 0.1) is 0 Å². The van der Waals surface area contributed by atoms with Crippen molar-refractivity contribution in [1.29, 1.82) is 0 Å². The Labute approximate surface area is 259 Å². The Balaban J connectivity index is 0.00000588. The number of rotatable bonds is 22. The molecule has 3 rings (SSSR count). The van der Waals surface area contributed by atoms with Gasteiger partial charge in [0.1, 0.15) is 5.54 Å². The lowest BCUT2D eigenvalue weighted by atomic mass is 9.78. The highest BCUT2D eigenvalue weighted by Crippen LogP contribution is 2.22. The largest absolute Gasteiger partial charge is 1.00 e. The summed E-state index contributed by atoms with van der Waals surface area (Å²) >= 11 is 0. The Kier molecular flexibility index (Phi) is 18.5. The standard InChI is InChI=1S/C39H57N.ClH/c1-3-4-5-6-7-8-9-10-11-12-13-14-15-25-32-40(2)39(33-36-26-19-16-20-27-36,34-37-28-21-17-22-29-37)35-38-30-23-18-24-31-38;/h16-24,26-31H,3-15,25,32-35H2,1-2H3;1H. The van der Waals surface area contributed by atoms with Crippen LogP contribution in [0.15, 0.2) is 91.0 Å². The molecule has 1 N–H and O–H groups in total. The minimum Gasteiger partial charge on any atom is -1.00 e. The minimum atomic E-state index is 0. The van der Waals surface area contributed by atoms with Crippen molar-refractivity contribution in [3.8, 4) is 0 Å². The van der Waals surface area contributed by atoms with Gasteiger partial charge < -0.3 is 17.3 Å². The summed E-state index contributed by atoms with van der Waals surface area (Å²) in [6.07, 6.45) is 23.1. The molecule has 41 heavy (non-hydrogen) atoms. The number of hydrogen-bond donors (Lipinski definition) is 1. The van der Waals surface area contributed by atoms with Gasteiger partial charge in [-0.25, -0.2) is 0 Å². The van der Waals surface area contributed by atoms with Crippen LogP contribution in [-0.4, -0.2) is 19.1 Å². The highest BCUT2D eigenvalue weighted by atomic mass is 35.5. The zero-order chi connectivity index (χ0) is 28.1. The summed E-state index contributed by atoms with van der Waals surface area (Å²) < 4.78 is 0. The van der Waals surface area contributed by atoms with Gasteiger partial charge in [0.25, 0.3) is 0 Å². The molecule has 0 saturated heterocycles. The quantitative estimate of drug-likeness (QED) is 0.131. The predicted molar refractivity (Wildman–Crippen MR) is 175 cm³/mol. The van der Waals surface area contributed by atoms with Crippen LogP contribution in [0.2, 0.25) is 0 Å². The summed E-state index contributed by atoms with van der Waals surface area (Å²) in [5.41, 5.74) is 4.49. The van der Waals surface area contributed by atoms with Crippen LogP contribution >= 0.6 is 0 Å². The molecule has 1 nitrogen and oxygen atoms in total. The Morgan fingerprint density at radius 3 is 1.05 bits per heavy atom. The van der Waals surface area contributed by atoms with Gasteiger partial charge in [0.05, 0.1) is 13.6 Å². The average molecular weight is 576 g/mol. The molecule has 3 aromatic carbocycles. The van der Waals surface area contributed by atoms with E-state index in [9.17, 15) is 0 Å². The van der Waals surface area contributed by atoms with E-state index in [1.807, 2.05) is 0 Å². The first-order valence-electron chi connectivity index (χ1n) is 16.7. The first-order chi connectivity index (χ1) is 19.7. The molecule has 1 unspecified atom stereocenters. The van der Waals surface area contributed by atoms with Crippen LogP contribution in [0.3, 0.4) is 0 Å². The van der Waals surface area contributed by atoms with Gasteiger partial charge in [0, 0.05) is 19.3 Å². The number of hydrogen-bond acceptors (Lipinski definition) is 0. The third-order valence-corrected chi connectivity index (χ3v) is 8.97. The Morgan fingerprint density at radius 2 is 0.732 bits per heavy atom. The monoisotopic (exact) mass is 575 g/mol. The number of halogens is 1. The summed E-state index contributed by atoms with van der Waals surface area (Å²) in [4.78, 5) is 1.68. The molecule has 3 aromatic rings. The fraction of sp³-hybridized carbons (Fsp3) is 0.538. The molecule has 1 atom stereocenters. The van der Waals surface area contributed by atoms with E-state index in [0.717, 1.165) is 19.3 Å². The van der Waals surface area contributed by atoms with Crippen molar-refractivity contribution in [2.45, 2.75) is 122 Å². The van der Waals surface area contributed by atoms with Crippen molar-refractivity contribution < 1.29 is 17.3 Å². The molecule has 0 bridgehead atoms. The maximum Gasteiger partial charge on any atom is 0.110 e. The van der Waals surface area contributed by atoms with Crippen LogP contribution in [0.1, 0.15) is 114 Å². The fourth-order valence-electron chi connectivity index (χ4n) is 6.45. The molecule has 0 heterocycles. The third kappa shape index (κ3) is 14.1. The fourth-order valence-corrected chi connectivity index (χ4v) is 6.45. The number of benzene rings is 3. The zero-order valence-electron chi connectivity index (χ0n) is 26.3. The molecule has 0 saturated carbocycles. The minimum absolute atomic E-state index is 0. The second-order valence-electron chi connectivity index (χ2n) is 12.4. The third-order valence-electron chi connectivity index (χ3n) is 8.97. The molecule has 0 aliphatic carbocycles. The van der Waals surface area contributed by atoms with E-state index < -0.39 is 0 Å². The second-order valence-corrected chi connectivity index (χ2v) is 12.4. The van der Waals surface area contributed by atoms with Gasteiger partial charge in [-0.05, 0) is 29.5 Å². The van der Waals surface area contributed by atoms with Crippen molar-refractivity contribution in [3.63, 3.8) is 0 Å². The smallest absolute Gasteiger partial charge is 0.110 e. The molecular weight excluding hydrogens is 518 g/mol. The topological polar surface area (TPSA) is 4.44 Å². The van der Waals surface area contributed by atoms with Crippen LogP contribution in [-0.2, 0) is 19.3 Å². The Hall–Kier alpha value is -2.09. The number of unbranched alkanes of at least 4 members (excludes halogenated alkanes) is 13. The predicted octanol–water partition coefficient (Wildman–Crippen LogP) is 6.45. The van der Waals surface area contributed by atoms with Crippen molar-refractivity contribution in [2.75, 3.05) is 13.6 Å². The molecule has 0 fully saturated rings. The molecular formula is C39H58ClN. The number of nitrogens with one attached hydrogen (secondary N) is 1. The van der Waals surface area contributed by atoms with Crippen LogP contribution in [0.5, 0.6) is 0 Å². The molecule has 0 aromatic heterocycles. The first-order valence-corrected chi connectivity index (χ1v) is 16.7. The van der Waals surface area contributed by atoms with E-state index in [1.54, 1.807) is 4.90 Å². The number of quaternary nitrogens is 1. The summed E-state index contributed by atoms with van der Waals surface area (Å²) in [5, 5.41) is 0. The second kappa shape index (κ2) is 21.6. The van der Waals surface area contributed by atoms with Gasteiger partial charge in [0.2, 0.25) is 0 Å². The van der Waals surface area contributed by atoms with E-state index in [-0.39, 0.29) is 17.9 Å². The lowest BCUT2D eigenvalue weighted by molar-refractivity contribution is -0.935. The molecule has 226 valence electrons. The lowest BCUT2D eigenvalue weighted by Gasteiger charge is -2.40. The lowest BCUT2D eigenvalue weighted by Crippen LogP contribution is -3.19. The molecule has 0 spiro atoms. The Morgan fingerprint density at radius 1 is 0.439 bits per heavy atom. The van der Waals surface area contributed by atoms with Gasteiger partial charge in [-0.1, -0.05) is 175 Å². The zero-order valence-corrected chi connectivity index (χ0v) is 27.0. The van der Waals surface area contributed by atoms with Crippen LogP contribution in [0.4, 0.5) is 0 Å². The van der Waals surface area contributed by atoms with E-state index in [0.29, 0.717) is 0 Å². The molecule has 0 aliphatic rings. The maximum absolute atomic E-state index is 2.47. The highest BCUT2D eigenvalue weighted by molar-refractivity contribution is 5.25. The average Bonchev–Trinajstić information content (AvgIpc) is 2.98.